The fraction of sp³-hybridized carbons (Fsp3) is 0.200. The Labute approximate surface area is 239 Å². The summed E-state index contributed by atoms with van der Waals surface area (Å²) >= 11 is 0. The molecule has 42 heavy (non-hydrogen) atoms. The van der Waals surface area contributed by atoms with Gasteiger partial charge in [-0.1, -0.05) is 32.0 Å². The van der Waals surface area contributed by atoms with Crippen molar-refractivity contribution in [2.24, 2.45) is 5.92 Å². The van der Waals surface area contributed by atoms with Crippen LogP contribution in [0.25, 0.3) is 17.1 Å². The molecule has 1 N–H and O–H groups in total. The van der Waals surface area contributed by atoms with E-state index in [9.17, 15) is 19.2 Å². The second-order valence-electron chi connectivity index (χ2n) is 9.63. The average molecular weight is 567 g/mol. The Kier molecular flexibility index (Phi) is 8.11. The molecule has 3 aromatic carbocycles. The van der Waals surface area contributed by atoms with Crippen LogP contribution in [0, 0.1) is 49.7 Å². The molecule has 1 aromatic heterocycles. The van der Waals surface area contributed by atoms with Crippen LogP contribution in [0.5, 0.6) is 11.5 Å². The third kappa shape index (κ3) is 5.05. The zero-order valence-electron chi connectivity index (χ0n) is 23.5. The second kappa shape index (κ2) is 11.7. The van der Waals surface area contributed by atoms with Gasteiger partial charge in [-0.25, -0.2) is 28.1 Å². The Bertz CT molecular complexity index is 1880. The number of aromatic nitrogens is 3. The first-order chi connectivity index (χ1) is 20.0. The minimum absolute atomic E-state index is 0.0734. The van der Waals surface area contributed by atoms with E-state index in [1.54, 1.807) is 59.3 Å². The molecule has 0 spiro atoms. The fourth-order valence-corrected chi connectivity index (χ4v) is 4.45. The van der Waals surface area contributed by atoms with Crippen LogP contribution in [0.15, 0.2) is 69.0 Å². The number of hydrogen-bond acceptors (Lipinski definition) is 8. The molecule has 0 aliphatic carbocycles. The summed E-state index contributed by atoms with van der Waals surface area (Å²) in [6, 6.07) is 13.7. The molecular weight excluding hydrogens is 540 g/mol. The number of nitriles is 2. The highest BCUT2D eigenvalue weighted by atomic mass is 16.5. The van der Waals surface area contributed by atoms with E-state index in [0.717, 1.165) is 13.7 Å². The molecule has 0 atom stereocenters. The predicted octanol–water partition coefficient (Wildman–Crippen LogP) is 3.38. The van der Waals surface area contributed by atoms with Gasteiger partial charge in [0.05, 0.1) is 17.1 Å². The molecular formula is C30H26N6O6. The van der Waals surface area contributed by atoms with Gasteiger partial charge in [-0.3, -0.25) is 4.79 Å². The zero-order chi connectivity index (χ0) is 30.7. The van der Waals surface area contributed by atoms with Crippen molar-refractivity contribution in [3.8, 4) is 41.1 Å². The van der Waals surface area contributed by atoms with Crippen LogP contribution in [-0.2, 0) is 4.79 Å². The number of nitrogens with one attached hydrogen (secondary N) is 1. The molecule has 0 aliphatic heterocycles. The van der Waals surface area contributed by atoms with E-state index in [-0.39, 0.29) is 40.4 Å². The lowest BCUT2D eigenvalue weighted by Crippen LogP contribution is -2.53. The molecule has 0 saturated heterocycles. The summed E-state index contributed by atoms with van der Waals surface area (Å²) in [5.74, 6) is -0.368. The number of nitrogens with zero attached hydrogens (tertiary/aromatic N) is 5. The summed E-state index contributed by atoms with van der Waals surface area (Å²) in [6.07, 6.45) is 3.16. The second-order valence-corrected chi connectivity index (χ2v) is 9.63. The minimum atomic E-state index is -1.00. The van der Waals surface area contributed by atoms with Crippen molar-refractivity contribution in [1.29, 1.82) is 10.5 Å². The van der Waals surface area contributed by atoms with E-state index in [1.165, 1.54) is 42.5 Å². The fourth-order valence-electron chi connectivity index (χ4n) is 4.45. The van der Waals surface area contributed by atoms with Gasteiger partial charge < -0.3 is 14.8 Å². The Morgan fingerprint density at radius 1 is 0.690 bits per heavy atom. The van der Waals surface area contributed by atoms with Crippen LogP contribution in [0.1, 0.15) is 30.5 Å². The SMILES string of the molecule is Cc1c(NC(=O)C(C)C)cccc1-n1c(=O)n(-c2cccc(OC#N)c2C)c(=O)n(-c2cccc(OC#N)c2C)c1=O. The van der Waals surface area contributed by atoms with Gasteiger partial charge in [0.15, 0.2) is 0 Å². The molecule has 4 rings (SSSR count). The van der Waals surface area contributed by atoms with Crippen molar-refractivity contribution < 1.29 is 14.3 Å². The molecule has 4 aromatic rings. The Hall–Kier alpha value is -5.88. The molecule has 0 radical (unpaired) electrons. The first-order valence-electron chi connectivity index (χ1n) is 12.8. The molecule has 0 aliphatic rings. The smallest absolute Gasteiger partial charge is 0.345 e. The van der Waals surface area contributed by atoms with Crippen molar-refractivity contribution in [3.05, 3.63) is 103 Å². The van der Waals surface area contributed by atoms with Gasteiger partial charge in [0, 0.05) is 22.7 Å². The van der Waals surface area contributed by atoms with Gasteiger partial charge in [-0.05, 0) is 62.7 Å². The van der Waals surface area contributed by atoms with Gasteiger partial charge >= 0.3 is 17.1 Å². The quantitative estimate of drug-likeness (QED) is 0.333. The van der Waals surface area contributed by atoms with Gasteiger partial charge in [-0.15, -0.1) is 10.5 Å². The van der Waals surface area contributed by atoms with E-state index in [4.69, 9.17) is 20.0 Å². The Morgan fingerprint density at radius 2 is 1.07 bits per heavy atom. The van der Waals surface area contributed by atoms with Crippen LogP contribution in [0.2, 0.25) is 0 Å². The summed E-state index contributed by atoms with van der Waals surface area (Å²) in [4.78, 5) is 54.7. The summed E-state index contributed by atoms with van der Waals surface area (Å²) in [5, 5.41) is 20.9. The van der Waals surface area contributed by atoms with Crippen LogP contribution in [-0.4, -0.2) is 19.6 Å². The molecule has 0 bridgehead atoms. The largest absolute Gasteiger partial charge is 0.388 e. The first-order valence-corrected chi connectivity index (χ1v) is 12.8. The van der Waals surface area contributed by atoms with Crippen molar-refractivity contribution >= 4 is 11.6 Å². The lowest BCUT2D eigenvalue weighted by Gasteiger charge is -2.19. The van der Waals surface area contributed by atoms with Gasteiger partial charge in [-0.2, -0.15) is 0 Å². The van der Waals surface area contributed by atoms with Gasteiger partial charge in [0.1, 0.15) is 11.5 Å². The summed E-state index contributed by atoms with van der Waals surface area (Å²) in [5.41, 5.74) is -1.34. The minimum Gasteiger partial charge on any atom is -0.388 e. The lowest BCUT2D eigenvalue weighted by atomic mass is 10.1. The number of rotatable bonds is 7. The third-order valence-electron chi connectivity index (χ3n) is 6.78. The first kappa shape index (κ1) is 29.1. The van der Waals surface area contributed by atoms with Crippen LogP contribution >= 0.6 is 0 Å². The molecule has 0 fully saturated rings. The molecule has 212 valence electrons. The number of hydrogen-bond donors (Lipinski definition) is 1. The molecule has 0 unspecified atom stereocenters. The topological polar surface area (TPSA) is 161 Å². The highest BCUT2D eigenvalue weighted by Crippen LogP contribution is 2.26. The van der Waals surface area contributed by atoms with Crippen LogP contribution in [0.4, 0.5) is 5.69 Å². The van der Waals surface area contributed by atoms with E-state index < -0.39 is 17.1 Å². The highest BCUT2D eigenvalue weighted by Gasteiger charge is 2.24. The van der Waals surface area contributed by atoms with Crippen molar-refractivity contribution in [3.63, 3.8) is 0 Å². The van der Waals surface area contributed by atoms with Crippen molar-refractivity contribution in [1.82, 2.24) is 13.7 Å². The third-order valence-corrected chi connectivity index (χ3v) is 6.78. The maximum absolute atomic E-state index is 14.1. The molecule has 1 heterocycles. The molecule has 12 heteroatoms. The number of carbonyl (C=O) groups excluding carboxylic acids is 1. The van der Waals surface area contributed by atoms with E-state index >= 15 is 0 Å². The van der Waals surface area contributed by atoms with Crippen LogP contribution < -0.4 is 31.9 Å². The highest BCUT2D eigenvalue weighted by molar-refractivity contribution is 5.93. The average Bonchev–Trinajstić information content (AvgIpc) is 2.94. The number of carbonyl (C=O) groups is 1. The Morgan fingerprint density at radius 3 is 1.45 bits per heavy atom. The van der Waals surface area contributed by atoms with E-state index in [2.05, 4.69) is 5.32 Å². The summed E-state index contributed by atoms with van der Waals surface area (Å²) in [7, 11) is 0. The van der Waals surface area contributed by atoms with E-state index in [1.807, 2.05) is 0 Å². The zero-order valence-corrected chi connectivity index (χ0v) is 23.5. The maximum Gasteiger partial charge on any atom is 0.345 e. The van der Waals surface area contributed by atoms with Crippen molar-refractivity contribution in [2.75, 3.05) is 5.32 Å². The molecule has 12 nitrogen and oxygen atoms in total. The van der Waals surface area contributed by atoms with Gasteiger partial charge in [0.2, 0.25) is 5.91 Å². The summed E-state index contributed by atoms with van der Waals surface area (Å²) in [6.45, 7) is 8.22. The van der Waals surface area contributed by atoms with Crippen molar-refractivity contribution in [2.45, 2.75) is 34.6 Å². The van der Waals surface area contributed by atoms with E-state index in [0.29, 0.717) is 22.4 Å². The molecule has 0 saturated carbocycles. The monoisotopic (exact) mass is 566 g/mol. The van der Waals surface area contributed by atoms with Gasteiger partial charge in [0.25, 0.3) is 12.5 Å². The maximum atomic E-state index is 14.1. The lowest BCUT2D eigenvalue weighted by molar-refractivity contribution is -0.118. The normalized spacial score (nSPS) is 10.6. The summed E-state index contributed by atoms with van der Waals surface area (Å²) < 4.78 is 12.5. The standard InChI is InChI=1S/C30H26N6O6/c1-17(2)27(37)33-21-9-6-10-22(18(21)3)34-28(38)35(23-11-7-13-25(19(23)4)41-15-31)30(40)36(29(34)39)24-12-8-14-26(20(24)5)42-16-32/h6-14,17H,1-5H3,(H,33,37). The predicted molar refractivity (Wildman–Crippen MR) is 153 cm³/mol. The Balaban J connectivity index is 2.17. The number of anilines is 1. The number of ether oxygens (including phenoxy) is 2. The number of amides is 1. The number of benzene rings is 3. The van der Waals surface area contributed by atoms with Crippen LogP contribution in [0.3, 0.4) is 0 Å². The molecule has 1 amide bonds.